The number of hydrogen-bond acceptors (Lipinski definition) is 3. The van der Waals surface area contributed by atoms with Crippen LogP contribution in [-0.2, 0) is 4.74 Å². The normalized spacial score (nSPS) is 25.4. The largest absolute Gasteiger partial charge is 0.462 e. The number of allylic oxidation sites excluding steroid dienone is 5. The molecule has 0 saturated heterocycles. The highest BCUT2D eigenvalue weighted by Crippen LogP contribution is 2.21. The SMILES string of the molecule is NC1=CC=C(OC2=CCC(N)C=C2)CC1. The number of hydrogen-bond donors (Lipinski definition) is 2. The van der Waals surface area contributed by atoms with E-state index >= 15 is 0 Å². The molecule has 0 aliphatic heterocycles. The molecule has 2 rings (SSSR count). The van der Waals surface area contributed by atoms with Gasteiger partial charge in [-0.2, -0.15) is 0 Å². The minimum absolute atomic E-state index is 0.133. The van der Waals surface area contributed by atoms with Crippen molar-refractivity contribution in [3.05, 3.63) is 47.6 Å². The van der Waals surface area contributed by atoms with Gasteiger partial charge in [-0.25, -0.2) is 0 Å². The number of rotatable bonds is 2. The Morgan fingerprint density at radius 1 is 1.27 bits per heavy atom. The first-order valence-electron chi connectivity index (χ1n) is 5.21. The molecule has 0 aromatic rings. The van der Waals surface area contributed by atoms with Crippen molar-refractivity contribution in [2.45, 2.75) is 25.3 Å². The zero-order chi connectivity index (χ0) is 10.7. The fourth-order valence-corrected chi connectivity index (χ4v) is 1.56. The zero-order valence-electron chi connectivity index (χ0n) is 8.65. The van der Waals surface area contributed by atoms with Crippen LogP contribution in [0.15, 0.2) is 47.6 Å². The summed E-state index contributed by atoms with van der Waals surface area (Å²) < 4.78 is 5.71. The van der Waals surface area contributed by atoms with Crippen LogP contribution in [0.4, 0.5) is 0 Å². The molecule has 0 heterocycles. The maximum Gasteiger partial charge on any atom is 0.122 e. The molecule has 80 valence electrons. The summed E-state index contributed by atoms with van der Waals surface area (Å²) in [5.41, 5.74) is 12.3. The molecule has 0 radical (unpaired) electrons. The van der Waals surface area contributed by atoms with E-state index in [0.717, 1.165) is 36.5 Å². The molecule has 0 saturated carbocycles. The second kappa shape index (κ2) is 4.36. The van der Waals surface area contributed by atoms with E-state index in [-0.39, 0.29) is 6.04 Å². The summed E-state index contributed by atoms with van der Waals surface area (Å²) in [7, 11) is 0. The monoisotopic (exact) mass is 204 g/mol. The van der Waals surface area contributed by atoms with Crippen LogP contribution in [0.5, 0.6) is 0 Å². The molecule has 3 nitrogen and oxygen atoms in total. The summed E-state index contributed by atoms with van der Waals surface area (Å²) in [6.45, 7) is 0. The van der Waals surface area contributed by atoms with Crippen molar-refractivity contribution in [2.24, 2.45) is 11.5 Å². The quantitative estimate of drug-likeness (QED) is 0.719. The smallest absolute Gasteiger partial charge is 0.122 e. The van der Waals surface area contributed by atoms with Crippen LogP contribution < -0.4 is 11.5 Å². The lowest BCUT2D eigenvalue weighted by atomic mass is 10.1. The van der Waals surface area contributed by atoms with E-state index in [4.69, 9.17) is 16.2 Å². The Hall–Kier alpha value is -1.48. The van der Waals surface area contributed by atoms with Gasteiger partial charge in [-0.1, -0.05) is 6.08 Å². The Morgan fingerprint density at radius 2 is 2.13 bits per heavy atom. The van der Waals surface area contributed by atoms with Crippen molar-refractivity contribution in [1.29, 1.82) is 0 Å². The predicted molar refractivity (Wildman–Crippen MR) is 60.5 cm³/mol. The van der Waals surface area contributed by atoms with Crippen molar-refractivity contribution >= 4 is 0 Å². The third-order valence-electron chi connectivity index (χ3n) is 2.49. The van der Waals surface area contributed by atoms with Crippen LogP contribution in [-0.4, -0.2) is 6.04 Å². The summed E-state index contributed by atoms with van der Waals surface area (Å²) in [6.07, 6.45) is 12.3. The Labute approximate surface area is 89.8 Å². The predicted octanol–water partition coefficient (Wildman–Crippen LogP) is 1.69. The van der Waals surface area contributed by atoms with Crippen LogP contribution in [0.3, 0.4) is 0 Å². The van der Waals surface area contributed by atoms with Crippen molar-refractivity contribution in [3.63, 3.8) is 0 Å². The highest BCUT2D eigenvalue weighted by Gasteiger charge is 2.09. The second-order valence-electron chi connectivity index (χ2n) is 3.84. The van der Waals surface area contributed by atoms with Crippen LogP contribution in [0, 0.1) is 0 Å². The van der Waals surface area contributed by atoms with Crippen molar-refractivity contribution in [2.75, 3.05) is 0 Å². The highest BCUT2D eigenvalue weighted by molar-refractivity contribution is 5.25. The van der Waals surface area contributed by atoms with Crippen LogP contribution >= 0.6 is 0 Å². The summed E-state index contributed by atoms with van der Waals surface area (Å²) >= 11 is 0. The molecule has 4 N–H and O–H groups in total. The molecule has 1 atom stereocenters. The van der Waals surface area contributed by atoms with Crippen molar-refractivity contribution in [1.82, 2.24) is 0 Å². The van der Waals surface area contributed by atoms with E-state index in [0.29, 0.717) is 0 Å². The Morgan fingerprint density at radius 3 is 2.73 bits per heavy atom. The van der Waals surface area contributed by atoms with Gasteiger partial charge >= 0.3 is 0 Å². The van der Waals surface area contributed by atoms with Crippen molar-refractivity contribution in [3.8, 4) is 0 Å². The highest BCUT2D eigenvalue weighted by atomic mass is 16.5. The number of nitrogens with two attached hydrogens (primary N) is 2. The van der Waals surface area contributed by atoms with Gasteiger partial charge in [0, 0.05) is 18.2 Å². The van der Waals surface area contributed by atoms with Gasteiger partial charge in [0.2, 0.25) is 0 Å². The lowest BCUT2D eigenvalue weighted by Gasteiger charge is -2.16. The van der Waals surface area contributed by atoms with Gasteiger partial charge in [-0.3, -0.25) is 0 Å². The molecule has 2 aliphatic carbocycles. The molecule has 0 fully saturated rings. The Balaban J connectivity index is 1.96. The molecule has 15 heavy (non-hydrogen) atoms. The zero-order valence-corrected chi connectivity index (χ0v) is 8.65. The topological polar surface area (TPSA) is 61.3 Å². The van der Waals surface area contributed by atoms with Crippen LogP contribution in [0.1, 0.15) is 19.3 Å². The molecule has 0 aromatic heterocycles. The van der Waals surface area contributed by atoms with Gasteiger partial charge in [0.15, 0.2) is 0 Å². The first kappa shape index (κ1) is 10.1. The third-order valence-corrected chi connectivity index (χ3v) is 2.49. The fourth-order valence-electron chi connectivity index (χ4n) is 1.56. The standard InChI is InChI=1S/C12H16N2O/c13-9-1-5-11(6-2-9)15-12-7-3-10(14)4-8-12/h1,3,5-7,9H,2,4,8,13-14H2. The summed E-state index contributed by atoms with van der Waals surface area (Å²) in [4.78, 5) is 0. The van der Waals surface area contributed by atoms with Gasteiger partial charge in [0.05, 0.1) is 0 Å². The average Bonchev–Trinajstić information content (AvgIpc) is 2.25. The summed E-state index contributed by atoms with van der Waals surface area (Å²) in [5.74, 6) is 1.85. The van der Waals surface area contributed by atoms with Gasteiger partial charge in [-0.15, -0.1) is 0 Å². The van der Waals surface area contributed by atoms with Gasteiger partial charge in [0.25, 0.3) is 0 Å². The number of ether oxygens (including phenoxy) is 1. The second-order valence-corrected chi connectivity index (χ2v) is 3.84. The lowest BCUT2D eigenvalue weighted by Crippen LogP contribution is -2.18. The maximum absolute atomic E-state index is 5.72. The summed E-state index contributed by atoms with van der Waals surface area (Å²) in [5, 5.41) is 0. The molecule has 0 aromatic carbocycles. The molecular formula is C12H16N2O. The molecule has 0 bridgehead atoms. The fraction of sp³-hybridized carbons (Fsp3) is 0.333. The minimum Gasteiger partial charge on any atom is -0.462 e. The molecule has 3 heteroatoms. The third kappa shape index (κ3) is 2.73. The maximum atomic E-state index is 5.72. The van der Waals surface area contributed by atoms with Gasteiger partial charge in [-0.05, 0) is 37.1 Å². The van der Waals surface area contributed by atoms with E-state index in [1.165, 1.54) is 0 Å². The van der Waals surface area contributed by atoms with Crippen LogP contribution in [0.25, 0.3) is 0 Å². The lowest BCUT2D eigenvalue weighted by molar-refractivity contribution is 0.299. The molecule has 0 spiro atoms. The van der Waals surface area contributed by atoms with Crippen molar-refractivity contribution < 1.29 is 4.74 Å². The van der Waals surface area contributed by atoms with E-state index in [2.05, 4.69) is 0 Å². The van der Waals surface area contributed by atoms with E-state index < -0.39 is 0 Å². The first-order valence-corrected chi connectivity index (χ1v) is 5.21. The first-order chi connectivity index (χ1) is 7.24. The average molecular weight is 204 g/mol. The molecule has 2 aliphatic rings. The van der Waals surface area contributed by atoms with E-state index in [1.54, 1.807) is 0 Å². The molecule has 1 unspecified atom stereocenters. The molecule has 0 amide bonds. The van der Waals surface area contributed by atoms with Gasteiger partial charge in [0.1, 0.15) is 11.5 Å². The summed E-state index contributed by atoms with van der Waals surface area (Å²) in [6, 6.07) is 0.133. The minimum atomic E-state index is 0.133. The molecular weight excluding hydrogens is 188 g/mol. The Kier molecular flexibility index (Phi) is 2.92. The Bertz CT molecular complexity index is 364. The van der Waals surface area contributed by atoms with Gasteiger partial charge < -0.3 is 16.2 Å². The van der Waals surface area contributed by atoms with E-state index in [1.807, 2.05) is 30.4 Å². The van der Waals surface area contributed by atoms with E-state index in [9.17, 15) is 0 Å². The van der Waals surface area contributed by atoms with Crippen LogP contribution in [0.2, 0.25) is 0 Å².